The van der Waals surface area contributed by atoms with Gasteiger partial charge in [0, 0.05) is 6.20 Å². The number of aromatic nitrogens is 3. The number of fused-ring (bicyclic) bond motifs is 1. The molecule has 0 saturated carbocycles. The zero-order chi connectivity index (χ0) is 7.84. The minimum atomic E-state index is 0.584. The van der Waals surface area contributed by atoms with Crippen LogP contribution >= 0.6 is 15.9 Å². The lowest BCUT2D eigenvalue weighted by Gasteiger charge is -1.95. The first kappa shape index (κ1) is 6.60. The Kier molecular flexibility index (Phi) is 1.32. The maximum atomic E-state index is 5.61. The average Bonchev–Trinajstić information content (AvgIpc) is 2.35. The molecular formula is C6H5BrN4. The third-order valence-electron chi connectivity index (χ3n) is 1.39. The third kappa shape index (κ3) is 0.883. The van der Waals surface area contributed by atoms with Crippen molar-refractivity contribution in [1.82, 2.24) is 14.6 Å². The lowest BCUT2D eigenvalue weighted by atomic mass is 10.6. The largest absolute Gasteiger partial charge is 0.384 e. The Bertz CT molecular complexity index is 394. The number of nitrogens with zero attached hydrogens (tertiary/aromatic N) is 3. The van der Waals surface area contributed by atoms with Crippen molar-refractivity contribution in [3.05, 3.63) is 22.9 Å². The van der Waals surface area contributed by atoms with E-state index in [1.807, 2.05) is 0 Å². The average molecular weight is 213 g/mol. The van der Waals surface area contributed by atoms with Gasteiger partial charge >= 0.3 is 0 Å². The first-order valence-electron chi connectivity index (χ1n) is 3.03. The highest BCUT2D eigenvalue weighted by Gasteiger charge is 2.02. The maximum Gasteiger partial charge on any atom is 0.171 e. The van der Waals surface area contributed by atoms with Gasteiger partial charge in [0.1, 0.15) is 5.82 Å². The molecule has 2 N–H and O–H groups in total. The van der Waals surface area contributed by atoms with Gasteiger partial charge in [0.2, 0.25) is 0 Å². The Morgan fingerprint density at radius 2 is 2.36 bits per heavy atom. The van der Waals surface area contributed by atoms with Crippen molar-refractivity contribution < 1.29 is 0 Å². The van der Waals surface area contributed by atoms with Crippen LogP contribution in [0.1, 0.15) is 0 Å². The number of hydrogen-bond donors (Lipinski definition) is 1. The summed E-state index contributed by atoms with van der Waals surface area (Å²) < 4.78 is 2.43. The zero-order valence-corrected chi connectivity index (χ0v) is 7.12. The predicted molar refractivity (Wildman–Crippen MR) is 45.1 cm³/mol. The van der Waals surface area contributed by atoms with Crippen molar-refractivity contribution in [3.63, 3.8) is 0 Å². The van der Waals surface area contributed by atoms with Crippen molar-refractivity contribution in [2.45, 2.75) is 0 Å². The van der Waals surface area contributed by atoms with E-state index in [1.165, 1.54) is 0 Å². The normalized spacial score (nSPS) is 10.6. The lowest BCUT2D eigenvalue weighted by Crippen LogP contribution is -1.98. The van der Waals surface area contributed by atoms with E-state index in [4.69, 9.17) is 5.73 Å². The first-order chi connectivity index (χ1) is 5.29. The van der Waals surface area contributed by atoms with Gasteiger partial charge in [-0.3, -0.25) is 0 Å². The summed E-state index contributed by atoms with van der Waals surface area (Å²) >= 11 is 3.30. The van der Waals surface area contributed by atoms with Crippen LogP contribution in [-0.4, -0.2) is 14.6 Å². The molecule has 0 spiro atoms. The molecule has 0 unspecified atom stereocenters. The third-order valence-corrected chi connectivity index (χ3v) is 1.95. The van der Waals surface area contributed by atoms with Gasteiger partial charge in [0.05, 0.1) is 10.7 Å². The van der Waals surface area contributed by atoms with Crippen LogP contribution in [0.2, 0.25) is 0 Å². The van der Waals surface area contributed by atoms with E-state index in [-0.39, 0.29) is 0 Å². The summed E-state index contributed by atoms with van der Waals surface area (Å²) in [5, 5.41) is 4.00. The fourth-order valence-electron chi connectivity index (χ4n) is 0.882. The number of nitrogens with two attached hydrogens (primary N) is 1. The SMILES string of the molecule is Nc1ccnc2c(Br)cnn12. The minimum absolute atomic E-state index is 0.584. The number of hydrogen-bond acceptors (Lipinski definition) is 3. The predicted octanol–water partition coefficient (Wildman–Crippen LogP) is 1.07. The van der Waals surface area contributed by atoms with E-state index in [0.29, 0.717) is 5.82 Å². The molecule has 11 heavy (non-hydrogen) atoms. The van der Waals surface area contributed by atoms with Crippen molar-refractivity contribution in [2.24, 2.45) is 0 Å². The Morgan fingerprint density at radius 1 is 1.55 bits per heavy atom. The summed E-state index contributed by atoms with van der Waals surface area (Å²) in [6.07, 6.45) is 3.32. The molecule has 5 heteroatoms. The van der Waals surface area contributed by atoms with Crippen LogP contribution in [0, 0.1) is 0 Å². The van der Waals surface area contributed by atoms with Gasteiger partial charge in [-0.1, -0.05) is 0 Å². The van der Waals surface area contributed by atoms with Crippen LogP contribution < -0.4 is 5.73 Å². The molecule has 0 atom stereocenters. The van der Waals surface area contributed by atoms with E-state index in [0.717, 1.165) is 10.1 Å². The summed E-state index contributed by atoms with van der Waals surface area (Å²) in [4.78, 5) is 4.08. The van der Waals surface area contributed by atoms with E-state index in [9.17, 15) is 0 Å². The molecule has 0 aliphatic heterocycles. The molecule has 0 aliphatic carbocycles. The second-order valence-electron chi connectivity index (χ2n) is 2.10. The monoisotopic (exact) mass is 212 g/mol. The van der Waals surface area contributed by atoms with E-state index < -0.39 is 0 Å². The molecular weight excluding hydrogens is 208 g/mol. The van der Waals surface area contributed by atoms with Crippen molar-refractivity contribution in [3.8, 4) is 0 Å². The van der Waals surface area contributed by atoms with Gasteiger partial charge in [0.15, 0.2) is 5.65 Å². The standard InChI is InChI=1S/C6H5BrN4/c7-4-3-10-11-5(8)1-2-9-6(4)11/h1-3H,8H2. The molecule has 0 aromatic carbocycles. The molecule has 2 heterocycles. The summed E-state index contributed by atoms with van der Waals surface area (Å²) in [6.45, 7) is 0. The number of halogens is 1. The smallest absolute Gasteiger partial charge is 0.171 e. The number of anilines is 1. The molecule has 0 saturated heterocycles. The van der Waals surface area contributed by atoms with Crippen LogP contribution in [0.4, 0.5) is 5.82 Å². The van der Waals surface area contributed by atoms with Gasteiger partial charge in [-0.05, 0) is 22.0 Å². The maximum absolute atomic E-state index is 5.61. The topological polar surface area (TPSA) is 56.2 Å². The van der Waals surface area contributed by atoms with Crippen molar-refractivity contribution >= 4 is 27.4 Å². The van der Waals surface area contributed by atoms with E-state index in [2.05, 4.69) is 26.0 Å². The number of nitrogen functional groups attached to an aromatic ring is 1. The fraction of sp³-hybridized carbons (Fsp3) is 0. The van der Waals surface area contributed by atoms with E-state index in [1.54, 1.807) is 23.0 Å². The van der Waals surface area contributed by atoms with Crippen molar-refractivity contribution in [1.29, 1.82) is 0 Å². The second-order valence-corrected chi connectivity index (χ2v) is 2.95. The van der Waals surface area contributed by atoms with Crippen LogP contribution in [0.15, 0.2) is 22.9 Å². The molecule has 56 valence electrons. The highest BCUT2D eigenvalue weighted by atomic mass is 79.9. The molecule has 2 rings (SSSR count). The summed E-state index contributed by atoms with van der Waals surface area (Å²) in [6, 6.07) is 1.70. The minimum Gasteiger partial charge on any atom is -0.384 e. The first-order valence-corrected chi connectivity index (χ1v) is 3.82. The van der Waals surface area contributed by atoms with Gasteiger partial charge in [-0.2, -0.15) is 9.61 Å². The molecule has 0 radical (unpaired) electrons. The Morgan fingerprint density at radius 3 is 3.09 bits per heavy atom. The van der Waals surface area contributed by atoms with Crippen LogP contribution in [0.3, 0.4) is 0 Å². The molecule has 2 aromatic heterocycles. The van der Waals surface area contributed by atoms with E-state index >= 15 is 0 Å². The Balaban J connectivity index is 2.94. The molecule has 2 aromatic rings. The lowest BCUT2D eigenvalue weighted by molar-refractivity contribution is 0.952. The highest BCUT2D eigenvalue weighted by Crippen LogP contribution is 2.16. The van der Waals surface area contributed by atoms with Crippen LogP contribution in [0.5, 0.6) is 0 Å². The van der Waals surface area contributed by atoms with Crippen LogP contribution in [0.25, 0.3) is 5.65 Å². The second kappa shape index (κ2) is 2.20. The molecule has 0 aliphatic rings. The zero-order valence-electron chi connectivity index (χ0n) is 5.53. The summed E-state index contributed by atoms with van der Waals surface area (Å²) in [5.74, 6) is 0.584. The van der Waals surface area contributed by atoms with Gasteiger partial charge in [0.25, 0.3) is 0 Å². The summed E-state index contributed by atoms with van der Waals surface area (Å²) in [7, 11) is 0. The highest BCUT2D eigenvalue weighted by molar-refractivity contribution is 9.10. The van der Waals surface area contributed by atoms with Crippen LogP contribution in [-0.2, 0) is 0 Å². The molecule has 4 nitrogen and oxygen atoms in total. The summed E-state index contributed by atoms with van der Waals surface area (Å²) in [5.41, 5.74) is 6.35. The van der Waals surface area contributed by atoms with Crippen molar-refractivity contribution in [2.75, 3.05) is 5.73 Å². The van der Waals surface area contributed by atoms with Gasteiger partial charge in [-0.25, -0.2) is 4.98 Å². The quantitative estimate of drug-likeness (QED) is 0.712. The molecule has 0 bridgehead atoms. The Labute approximate surface area is 71.2 Å². The molecule has 0 fully saturated rings. The number of rotatable bonds is 0. The van der Waals surface area contributed by atoms with Gasteiger partial charge < -0.3 is 5.73 Å². The molecule has 0 amide bonds. The van der Waals surface area contributed by atoms with Gasteiger partial charge in [-0.15, -0.1) is 0 Å². The Hall–Kier alpha value is -1.10. The fourth-order valence-corrected chi connectivity index (χ4v) is 1.24.